The highest BCUT2D eigenvalue weighted by molar-refractivity contribution is 7.92. The first-order valence-electron chi connectivity index (χ1n) is 10.2. The van der Waals surface area contributed by atoms with Crippen molar-refractivity contribution < 1.29 is 13.2 Å². The lowest BCUT2D eigenvalue weighted by Gasteiger charge is -2.33. The molecule has 1 aromatic heterocycles. The minimum absolute atomic E-state index is 0.100. The summed E-state index contributed by atoms with van der Waals surface area (Å²) in [5, 5.41) is 1.79. The second kappa shape index (κ2) is 9.65. The fourth-order valence-electron chi connectivity index (χ4n) is 3.49. The molecule has 164 valence electrons. The lowest BCUT2D eigenvalue weighted by Crippen LogP contribution is -2.50. The number of halogens is 1. The first-order valence-corrected chi connectivity index (χ1v) is 12.0. The first-order chi connectivity index (χ1) is 15.4. The van der Waals surface area contributed by atoms with Crippen LogP contribution in [0.3, 0.4) is 0 Å². The van der Waals surface area contributed by atoms with E-state index in [9.17, 15) is 13.2 Å². The van der Waals surface area contributed by atoms with Crippen LogP contribution < -0.4 is 0 Å². The van der Waals surface area contributed by atoms with Gasteiger partial charge in [0.1, 0.15) is 0 Å². The Bertz CT molecular complexity index is 1200. The predicted molar refractivity (Wildman–Crippen MR) is 127 cm³/mol. The molecule has 3 aromatic rings. The van der Waals surface area contributed by atoms with Crippen LogP contribution in [0.1, 0.15) is 15.9 Å². The van der Waals surface area contributed by atoms with Crippen LogP contribution in [0.5, 0.6) is 0 Å². The van der Waals surface area contributed by atoms with Crippen LogP contribution in [0, 0.1) is 0 Å². The standard InChI is InChI=1S/C24H22ClN3O3S/c25-23-9-3-19(4-10-23)11-17-32(30,31)28-15-13-27(14-16-28)24(29)21-7-5-20(6-8-21)22-2-1-12-26-18-22/h1-12,17-18H,13-16H2. The van der Waals surface area contributed by atoms with Crippen LogP contribution in [0.15, 0.2) is 78.5 Å². The molecule has 4 rings (SSSR count). The maximum Gasteiger partial charge on any atom is 0.253 e. The Morgan fingerprint density at radius 1 is 0.906 bits per heavy atom. The van der Waals surface area contributed by atoms with E-state index in [1.165, 1.54) is 9.71 Å². The largest absolute Gasteiger partial charge is 0.336 e. The number of amides is 1. The number of hydrogen-bond acceptors (Lipinski definition) is 4. The van der Waals surface area contributed by atoms with Gasteiger partial charge in [0.15, 0.2) is 0 Å². The molecule has 0 radical (unpaired) electrons. The van der Waals surface area contributed by atoms with Gasteiger partial charge in [-0.3, -0.25) is 9.78 Å². The van der Waals surface area contributed by atoms with E-state index in [2.05, 4.69) is 4.98 Å². The number of rotatable bonds is 5. The number of pyridine rings is 1. The smallest absolute Gasteiger partial charge is 0.253 e. The van der Waals surface area contributed by atoms with Crippen LogP contribution in [0.4, 0.5) is 0 Å². The normalized spacial score (nSPS) is 15.2. The predicted octanol–water partition coefficient (Wildman–Crippen LogP) is 4.16. The SMILES string of the molecule is O=C(c1ccc(-c2cccnc2)cc1)N1CCN(S(=O)(=O)C=Cc2ccc(Cl)cc2)CC1. The minimum Gasteiger partial charge on any atom is -0.336 e. The number of nitrogens with zero attached hydrogens (tertiary/aromatic N) is 3. The van der Waals surface area contributed by atoms with Crippen LogP contribution in [-0.4, -0.2) is 54.7 Å². The highest BCUT2D eigenvalue weighted by Gasteiger charge is 2.27. The van der Waals surface area contributed by atoms with Crippen molar-refractivity contribution in [2.45, 2.75) is 0 Å². The zero-order valence-electron chi connectivity index (χ0n) is 17.3. The van der Waals surface area contributed by atoms with Gasteiger partial charge in [-0.15, -0.1) is 0 Å². The molecule has 32 heavy (non-hydrogen) atoms. The Morgan fingerprint density at radius 2 is 1.59 bits per heavy atom. The minimum atomic E-state index is -3.57. The maximum absolute atomic E-state index is 12.9. The van der Waals surface area contributed by atoms with Crippen molar-refractivity contribution in [3.05, 3.63) is 94.6 Å². The monoisotopic (exact) mass is 467 g/mol. The van der Waals surface area contributed by atoms with Crippen molar-refractivity contribution >= 4 is 33.6 Å². The molecule has 0 aliphatic carbocycles. The quantitative estimate of drug-likeness (QED) is 0.565. The molecule has 1 amide bonds. The van der Waals surface area contributed by atoms with Crippen molar-refractivity contribution in [2.24, 2.45) is 0 Å². The summed E-state index contributed by atoms with van der Waals surface area (Å²) >= 11 is 5.86. The van der Waals surface area contributed by atoms with E-state index in [1.54, 1.807) is 59.8 Å². The van der Waals surface area contributed by atoms with Crippen LogP contribution in [-0.2, 0) is 10.0 Å². The van der Waals surface area contributed by atoms with Gasteiger partial charge in [0, 0.05) is 54.6 Å². The summed E-state index contributed by atoms with van der Waals surface area (Å²) in [6, 6.07) is 18.1. The third-order valence-corrected chi connectivity index (χ3v) is 7.13. The second-order valence-electron chi connectivity index (χ2n) is 7.41. The molecule has 0 unspecified atom stereocenters. The molecule has 0 N–H and O–H groups in total. The Labute approximate surface area is 192 Å². The van der Waals surface area contributed by atoms with Gasteiger partial charge in [0.2, 0.25) is 10.0 Å². The molecule has 1 fully saturated rings. The van der Waals surface area contributed by atoms with Crippen molar-refractivity contribution in [3.8, 4) is 11.1 Å². The Hall–Kier alpha value is -3.00. The highest BCUT2D eigenvalue weighted by atomic mass is 35.5. The Morgan fingerprint density at radius 3 is 2.22 bits per heavy atom. The molecule has 1 aliphatic heterocycles. The average molecular weight is 468 g/mol. The number of benzene rings is 2. The molecule has 1 aliphatic rings. The molecular formula is C24H22ClN3O3S. The zero-order valence-corrected chi connectivity index (χ0v) is 18.8. The molecule has 0 spiro atoms. The summed E-state index contributed by atoms with van der Waals surface area (Å²) in [6.07, 6.45) is 5.04. The first kappa shape index (κ1) is 22.2. The molecule has 8 heteroatoms. The highest BCUT2D eigenvalue weighted by Crippen LogP contribution is 2.20. The van der Waals surface area contributed by atoms with E-state index in [1.807, 2.05) is 24.3 Å². The van der Waals surface area contributed by atoms with Gasteiger partial charge < -0.3 is 4.90 Å². The fraction of sp³-hybridized carbons (Fsp3) is 0.167. The molecular weight excluding hydrogens is 446 g/mol. The van der Waals surface area contributed by atoms with Crippen LogP contribution >= 0.6 is 11.6 Å². The molecule has 2 aromatic carbocycles. The van der Waals surface area contributed by atoms with E-state index < -0.39 is 10.0 Å². The van der Waals surface area contributed by atoms with Crippen molar-refractivity contribution in [3.63, 3.8) is 0 Å². The number of hydrogen-bond donors (Lipinski definition) is 0. The number of aromatic nitrogens is 1. The number of piperazine rings is 1. The molecule has 1 saturated heterocycles. The second-order valence-corrected chi connectivity index (χ2v) is 9.66. The van der Waals surface area contributed by atoms with Gasteiger partial charge in [-0.1, -0.05) is 41.9 Å². The average Bonchev–Trinajstić information content (AvgIpc) is 2.84. The van der Waals surface area contributed by atoms with Crippen molar-refractivity contribution in [1.29, 1.82) is 0 Å². The van der Waals surface area contributed by atoms with Crippen molar-refractivity contribution in [1.82, 2.24) is 14.2 Å². The van der Waals surface area contributed by atoms with Gasteiger partial charge in [-0.2, -0.15) is 4.31 Å². The number of carbonyl (C=O) groups excluding carboxylic acids is 1. The summed E-state index contributed by atoms with van der Waals surface area (Å²) in [5.74, 6) is -0.100. The molecule has 2 heterocycles. The van der Waals surface area contributed by atoms with Gasteiger partial charge in [-0.25, -0.2) is 8.42 Å². The Balaban J connectivity index is 1.36. The number of sulfonamides is 1. The van der Waals surface area contributed by atoms with Gasteiger partial charge in [-0.05, 0) is 53.1 Å². The lowest BCUT2D eigenvalue weighted by molar-refractivity contribution is 0.0698. The molecule has 0 bridgehead atoms. The van der Waals surface area contributed by atoms with Gasteiger partial charge in [0.25, 0.3) is 5.91 Å². The zero-order chi connectivity index (χ0) is 22.6. The van der Waals surface area contributed by atoms with Crippen molar-refractivity contribution in [2.75, 3.05) is 26.2 Å². The third kappa shape index (κ3) is 5.24. The van der Waals surface area contributed by atoms with E-state index in [0.717, 1.165) is 16.7 Å². The fourth-order valence-corrected chi connectivity index (χ4v) is 4.79. The summed E-state index contributed by atoms with van der Waals surface area (Å²) in [7, 11) is -3.57. The van der Waals surface area contributed by atoms with Gasteiger partial charge in [0.05, 0.1) is 0 Å². The summed E-state index contributed by atoms with van der Waals surface area (Å²) < 4.78 is 26.7. The maximum atomic E-state index is 12.9. The Kier molecular flexibility index (Phi) is 6.69. The third-order valence-electron chi connectivity index (χ3n) is 5.31. The van der Waals surface area contributed by atoms with E-state index in [4.69, 9.17) is 11.6 Å². The summed E-state index contributed by atoms with van der Waals surface area (Å²) in [6.45, 7) is 1.20. The molecule has 0 saturated carbocycles. The van der Waals surface area contributed by atoms with Gasteiger partial charge >= 0.3 is 0 Å². The summed E-state index contributed by atoms with van der Waals surface area (Å²) in [5.41, 5.74) is 3.30. The lowest BCUT2D eigenvalue weighted by atomic mass is 10.1. The molecule has 6 nitrogen and oxygen atoms in total. The van der Waals surface area contributed by atoms with Crippen LogP contribution in [0.25, 0.3) is 17.2 Å². The van der Waals surface area contributed by atoms with E-state index in [0.29, 0.717) is 23.7 Å². The molecule has 0 atom stereocenters. The number of carbonyl (C=O) groups is 1. The van der Waals surface area contributed by atoms with E-state index in [-0.39, 0.29) is 19.0 Å². The summed E-state index contributed by atoms with van der Waals surface area (Å²) in [4.78, 5) is 18.7. The van der Waals surface area contributed by atoms with E-state index >= 15 is 0 Å². The van der Waals surface area contributed by atoms with Crippen LogP contribution in [0.2, 0.25) is 5.02 Å². The topological polar surface area (TPSA) is 70.6 Å².